The van der Waals surface area contributed by atoms with Gasteiger partial charge in [0.1, 0.15) is 24.0 Å². The fourth-order valence-corrected chi connectivity index (χ4v) is 5.61. The van der Waals surface area contributed by atoms with Gasteiger partial charge in [-0.25, -0.2) is 4.39 Å². The monoisotopic (exact) mass is 622 g/mol. The van der Waals surface area contributed by atoms with Gasteiger partial charge < -0.3 is 10.5 Å². The van der Waals surface area contributed by atoms with Gasteiger partial charge in [0.2, 0.25) is 0 Å². The van der Waals surface area contributed by atoms with Crippen molar-refractivity contribution in [2.75, 3.05) is 0 Å². The van der Waals surface area contributed by atoms with Gasteiger partial charge in [-0.1, -0.05) is 0 Å². The lowest BCUT2D eigenvalue weighted by molar-refractivity contribution is 0.301. The molecular weight excluding hydrogens is 612 g/mol. The predicted octanol–water partition coefficient (Wildman–Crippen LogP) is 4.50. The van der Waals surface area contributed by atoms with Crippen molar-refractivity contribution in [2.45, 2.75) is 6.61 Å². The van der Waals surface area contributed by atoms with E-state index in [0.29, 0.717) is 11.1 Å². The number of rotatable bonds is 4. The molecule has 0 bridgehead atoms. The minimum atomic E-state index is -0.423. The number of ether oxygens (including phenoxy) is 1. The van der Waals surface area contributed by atoms with Crippen LogP contribution in [0.5, 0.6) is 5.75 Å². The second-order valence-electron chi connectivity index (χ2n) is 4.25. The van der Waals surface area contributed by atoms with Gasteiger partial charge in [-0.15, -0.1) is 0 Å². The van der Waals surface area contributed by atoms with Crippen LogP contribution in [-0.2, 0) is 6.61 Å². The van der Waals surface area contributed by atoms with Crippen molar-refractivity contribution in [1.29, 1.82) is 5.41 Å². The zero-order valence-electron chi connectivity index (χ0n) is 10.6. The third-order valence-electron chi connectivity index (χ3n) is 2.61. The fraction of sp³-hybridized carbons (Fsp3) is 0.0714. The topological polar surface area (TPSA) is 59.1 Å². The average molecular weight is 622 g/mol. The minimum Gasteiger partial charge on any atom is -0.487 e. The highest BCUT2D eigenvalue weighted by Crippen LogP contribution is 2.30. The van der Waals surface area contributed by atoms with E-state index < -0.39 is 5.82 Å². The molecule has 0 spiro atoms. The summed E-state index contributed by atoms with van der Waals surface area (Å²) in [4.78, 5) is 0. The van der Waals surface area contributed by atoms with E-state index in [1.165, 1.54) is 12.1 Å². The molecule has 0 aliphatic carbocycles. The van der Waals surface area contributed by atoms with Crippen molar-refractivity contribution >= 4 is 73.6 Å². The number of nitrogens with one attached hydrogen (secondary N) is 1. The van der Waals surface area contributed by atoms with Gasteiger partial charge in [-0.2, -0.15) is 0 Å². The molecule has 0 unspecified atom stereocenters. The van der Waals surface area contributed by atoms with Crippen LogP contribution in [-0.4, -0.2) is 5.84 Å². The Balaban J connectivity index is 2.23. The molecule has 110 valence electrons. The quantitative estimate of drug-likeness (QED) is 0.300. The molecule has 0 aliphatic rings. The zero-order valence-corrected chi connectivity index (χ0v) is 17.1. The first-order chi connectivity index (χ1) is 9.86. The minimum absolute atomic E-state index is 0.158. The van der Waals surface area contributed by atoms with E-state index in [-0.39, 0.29) is 12.4 Å². The highest BCUT2D eigenvalue weighted by molar-refractivity contribution is 14.1. The van der Waals surface area contributed by atoms with Gasteiger partial charge in [-0.3, -0.25) is 5.41 Å². The van der Waals surface area contributed by atoms with E-state index in [1.54, 1.807) is 6.07 Å². The highest BCUT2D eigenvalue weighted by Gasteiger charge is 2.10. The summed E-state index contributed by atoms with van der Waals surface area (Å²) in [6, 6.07) is 8.33. The molecule has 0 aromatic heterocycles. The van der Waals surface area contributed by atoms with Crippen LogP contribution in [0.2, 0.25) is 0 Å². The van der Waals surface area contributed by atoms with E-state index in [1.807, 2.05) is 12.1 Å². The Morgan fingerprint density at radius 3 is 2.29 bits per heavy atom. The van der Waals surface area contributed by atoms with Gasteiger partial charge in [0.15, 0.2) is 0 Å². The Kier molecular flexibility index (Phi) is 6.05. The van der Waals surface area contributed by atoms with Gasteiger partial charge in [0.25, 0.3) is 0 Å². The Hall–Kier alpha value is -0.170. The van der Waals surface area contributed by atoms with Crippen LogP contribution in [0.4, 0.5) is 4.39 Å². The van der Waals surface area contributed by atoms with E-state index in [2.05, 4.69) is 67.8 Å². The summed E-state index contributed by atoms with van der Waals surface area (Å²) in [5.41, 5.74) is 6.40. The molecule has 7 heteroatoms. The van der Waals surface area contributed by atoms with E-state index in [4.69, 9.17) is 15.9 Å². The number of benzene rings is 2. The number of hydrogen-bond donors (Lipinski definition) is 2. The first kappa shape index (κ1) is 17.2. The highest BCUT2D eigenvalue weighted by atomic mass is 127. The van der Waals surface area contributed by atoms with Crippen molar-refractivity contribution in [3.8, 4) is 5.75 Å². The van der Waals surface area contributed by atoms with Crippen LogP contribution in [0.3, 0.4) is 0 Å². The summed E-state index contributed by atoms with van der Waals surface area (Å²) in [5.74, 6) is 0.202. The predicted molar refractivity (Wildman–Crippen MR) is 106 cm³/mol. The van der Waals surface area contributed by atoms with Gasteiger partial charge in [-0.05, 0) is 104 Å². The molecule has 0 saturated carbocycles. The van der Waals surface area contributed by atoms with Crippen LogP contribution in [0.25, 0.3) is 0 Å². The maximum atomic E-state index is 13.5. The second kappa shape index (κ2) is 7.40. The number of nitrogens with two attached hydrogens (primary N) is 1. The van der Waals surface area contributed by atoms with Gasteiger partial charge in [0.05, 0.1) is 7.14 Å². The van der Waals surface area contributed by atoms with E-state index >= 15 is 0 Å². The van der Waals surface area contributed by atoms with E-state index in [0.717, 1.165) is 16.5 Å². The van der Waals surface area contributed by atoms with Gasteiger partial charge in [0, 0.05) is 9.13 Å². The standard InChI is InChI=1S/C14H10FI3N2O/c15-9-2-7(1-8(3-9)14(19)20)6-21-13-11(17)4-10(16)5-12(13)18/h1-5H,6H2,(H3,19,20). The Bertz CT molecular complexity index is 684. The zero-order chi connectivity index (χ0) is 15.6. The summed E-state index contributed by atoms with van der Waals surface area (Å²) in [6.07, 6.45) is 0. The van der Waals surface area contributed by atoms with Crippen LogP contribution in [0, 0.1) is 21.9 Å². The third kappa shape index (κ3) is 4.65. The molecule has 2 aromatic rings. The molecule has 21 heavy (non-hydrogen) atoms. The van der Waals surface area contributed by atoms with Crippen LogP contribution in [0.1, 0.15) is 11.1 Å². The van der Waals surface area contributed by atoms with Crippen LogP contribution >= 0.6 is 67.8 Å². The number of hydrogen-bond acceptors (Lipinski definition) is 2. The second-order valence-corrected chi connectivity index (χ2v) is 7.82. The summed E-state index contributed by atoms with van der Waals surface area (Å²) in [7, 11) is 0. The molecule has 0 heterocycles. The Morgan fingerprint density at radius 1 is 1.10 bits per heavy atom. The number of amidine groups is 1. The fourth-order valence-electron chi connectivity index (χ4n) is 1.71. The number of nitrogen functional groups attached to an aromatic ring is 1. The molecule has 2 rings (SSSR count). The molecule has 0 atom stereocenters. The smallest absolute Gasteiger partial charge is 0.146 e. The molecule has 3 nitrogen and oxygen atoms in total. The van der Waals surface area contributed by atoms with Crippen molar-refractivity contribution < 1.29 is 9.13 Å². The lowest BCUT2D eigenvalue weighted by atomic mass is 10.1. The summed E-state index contributed by atoms with van der Waals surface area (Å²) < 4.78 is 22.5. The molecule has 0 amide bonds. The van der Waals surface area contributed by atoms with Crippen LogP contribution in [0.15, 0.2) is 30.3 Å². The molecule has 0 radical (unpaired) electrons. The maximum absolute atomic E-state index is 13.5. The lowest BCUT2D eigenvalue weighted by Crippen LogP contribution is -2.12. The van der Waals surface area contributed by atoms with Crippen molar-refractivity contribution in [1.82, 2.24) is 0 Å². The van der Waals surface area contributed by atoms with Crippen molar-refractivity contribution in [3.05, 3.63) is 58.0 Å². The molecular formula is C14H10FI3N2O. The van der Waals surface area contributed by atoms with Crippen molar-refractivity contribution in [2.24, 2.45) is 5.73 Å². The average Bonchev–Trinajstić information content (AvgIpc) is 2.36. The van der Waals surface area contributed by atoms with Crippen LogP contribution < -0.4 is 10.5 Å². The SMILES string of the molecule is N=C(N)c1cc(F)cc(COc2c(I)cc(I)cc2I)c1. The summed E-state index contributed by atoms with van der Waals surface area (Å²) in [5, 5.41) is 7.38. The number of halogens is 4. The normalized spacial score (nSPS) is 10.5. The first-order valence-electron chi connectivity index (χ1n) is 5.78. The van der Waals surface area contributed by atoms with Crippen molar-refractivity contribution in [3.63, 3.8) is 0 Å². The molecule has 0 saturated heterocycles. The molecule has 3 N–H and O–H groups in total. The first-order valence-corrected chi connectivity index (χ1v) is 9.01. The third-order valence-corrected chi connectivity index (χ3v) is 4.84. The Labute approximate surface area is 162 Å². The lowest BCUT2D eigenvalue weighted by Gasteiger charge is -2.12. The molecule has 0 aliphatic heterocycles. The summed E-state index contributed by atoms with van der Waals surface area (Å²) >= 11 is 6.68. The summed E-state index contributed by atoms with van der Waals surface area (Å²) in [6.45, 7) is 0.227. The maximum Gasteiger partial charge on any atom is 0.146 e. The molecule has 0 fully saturated rings. The molecule has 2 aromatic carbocycles. The largest absolute Gasteiger partial charge is 0.487 e. The van der Waals surface area contributed by atoms with E-state index in [9.17, 15) is 4.39 Å². The van der Waals surface area contributed by atoms with Gasteiger partial charge >= 0.3 is 0 Å². The Morgan fingerprint density at radius 2 is 1.71 bits per heavy atom.